The Morgan fingerprint density at radius 2 is 2.31 bits per heavy atom. The first-order valence-corrected chi connectivity index (χ1v) is 5.50. The van der Waals surface area contributed by atoms with E-state index < -0.39 is 0 Å². The van der Waals surface area contributed by atoms with Gasteiger partial charge in [0, 0.05) is 24.1 Å². The van der Waals surface area contributed by atoms with E-state index in [1.165, 1.54) is 0 Å². The summed E-state index contributed by atoms with van der Waals surface area (Å²) >= 11 is 0. The molecule has 0 radical (unpaired) electrons. The van der Waals surface area contributed by atoms with Gasteiger partial charge < -0.3 is 15.2 Å². The van der Waals surface area contributed by atoms with E-state index in [-0.39, 0.29) is 24.0 Å². The molecule has 2 rings (SSSR count). The number of likely N-dealkylation sites (tertiary alicyclic amines) is 1. The van der Waals surface area contributed by atoms with Gasteiger partial charge >= 0.3 is 0 Å². The van der Waals surface area contributed by atoms with Gasteiger partial charge in [0.25, 0.3) is 0 Å². The molecule has 1 saturated heterocycles. The van der Waals surface area contributed by atoms with Crippen molar-refractivity contribution in [3.8, 4) is 0 Å². The largest absolute Gasteiger partial charge is 0.364 e. The fourth-order valence-corrected chi connectivity index (χ4v) is 2.35. The van der Waals surface area contributed by atoms with Crippen LogP contribution in [-0.4, -0.2) is 28.0 Å². The summed E-state index contributed by atoms with van der Waals surface area (Å²) in [5.41, 5.74) is 7.76. The zero-order valence-electron chi connectivity index (χ0n) is 9.80. The van der Waals surface area contributed by atoms with E-state index in [0.29, 0.717) is 6.42 Å². The van der Waals surface area contributed by atoms with Crippen LogP contribution in [0.5, 0.6) is 0 Å². The van der Waals surface area contributed by atoms with Crippen molar-refractivity contribution in [2.45, 2.75) is 45.3 Å². The molecule has 1 aliphatic rings. The van der Waals surface area contributed by atoms with Crippen molar-refractivity contribution in [1.82, 2.24) is 10.1 Å². The zero-order chi connectivity index (χ0) is 11.9. The van der Waals surface area contributed by atoms with E-state index in [4.69, 9.17) is 10.3 Å². The maximum absolute atomic E-state index is 11.8. The minimum Gasteiger partial charge on any atom is -0.364 e. The van der Waals surface area contributed by atoms with E-state index in [1.807, 2.05) is 25.7 Å². The van der Waals surface area contributed by atoms with Gasteiger partial charge in [0.05, 0.1) is 11.7 Å². The standard InChI is InChI=1S/C11H17N3O2/c1-6(2)14-10(15)4-9(12)11(14)8-5-16-13-7(8)3/h5-6,9,11H,4,12H2,1-3H3/t9-,11+/m1/s1. The lowest BCUT2D eigenvalue weighted by Gasteiger charge is -2.29. The molecular weight excluding hydrogens is 206 g/mol. The lowest BCUT2D eigenvalue weighted by molar-refractivity contribution is -0.130. The summed E-state index contributed by atoms with van der Waals surface area (Å²) in [4.78, 5) is 13.7. The van der Waals surface area contributed by atoms with Crippen molar-refractivity contribution in [1.29, 1.82) is 0 Å². The van der Waals surface area contributed by atoms with E-state index in [9.17, 15) is 4.79 Å². The average Bonchev–Trinajstić information content (AvgIpc) is 2.69. The Morgan fingerprint density at radius 1 is 1.62 bits per heavy atom. The second-order valence-electron chi connectivity index (χ2n) is 4.56. The highest BCUT2D eigenvalue weighted by Gasteiger charge is 2.41. The molecule has 1 aromatic heterocycles. The van der Waals surface area contributed by atoms with Gasteiger partial charge in [-0.1, -0.05) is 5.16 Å². The van der Waals surface area contributed by atoms with E-state index >= 15 is 0 Å². The molecule has 1 amide bonds. The summed E-state index contributed by atoms with van der Waals surface area (Å²) in [6.07, 6.45) is 1.99. The topological polar surface area (TPSA) is 72.4 Å². The zero-order valence-corrected chi connectivity index (χ0v) is 9.80. The minimum atomic E-state index is -0.173. The molecule has 88 valence electrons. The van der Waals surface area contributed by atoms with Crippen molar-refractivity contribution in [3.63, 3.8) is 0 Å². The van der Waals surface area contributed by atoms with Crippen LogP contribution in [0.3, 0.4) is 0 Å². The fraction of sp³-hybridized carbons (Fsp3) is 0.636. The number of rotatable bonds is 2. The first-order valence-electron chi connectivity index (χ1n) is 5.50. The molecule has 0 aliphatic carbocycles. The molecule has 0 aromatic carbocycles. The number of carbonyl (C=O) groups is 1. The third-order valence-corrected chi connectivity index (χ3v) is 3.07. The Kier molecular flexibility index (Phi) is 2.71. The molecule has 1 aliphatic heterocycles. The smallest absolute Gasteiger partial charge is 0.225 e. The van der Waals surface area contributed by atoms with Gasteiger partial charge in [-0.05, 0) is 20.8 Å². The van der Waals surface area contributed by atoms with Gasteiger partial charge in [0.15, 0.2) is 0 Å². The molecule has 0 unspecified atom stereocenters. The minimum absolute atomic E-state index is 0.0984. The van der Waals surface area contributed by atoms with Crippen LogP contribution in [0.2, 0.25) is 0 Å². The summed E-state index contributed by atoms with van der Waals surface area (Å²) in [5.74, 6) is 0.105. The third-order valence-electron chi connectivity index (χ3n) is 3.07. The predicted molar refractivity (Wildman–Crippen MR) is 58.6 cm³/mol. The van der Waals surface area contributed by atoms with Gasteiger partial charge in [-0.3, -0.25) is 4.79 Å². The van der Waals surface area contributed by atoms with Crippen LogP contribution < -0.4 is 5.73 Å². The Morgan fingerprint density at radius 3 is 2.81 bits per heavy atom. The molecule has 2 heterocycles. The molecule has 0 saturated carbocycles. The van der Waals surface area contributed by atoms with Crippen LogP contribution in [-0.2, 0) is 4.79 Å². The fourth-order valence-electron chi connectivity index (χ4n) is 2.35. The van der Waals surface area contributed by atoms with Crippen LogP contribution >= 0.6 is 0 Å². The SMILES string of the molecule is Cc1nocc1[C@H]1[C@H](N)CC(=O)N1C(C)C. The highest BCUT2D eigenvalue weighted by molar-refractivity contribution is 5.80. The van der Waals surface area contributed by atoms with Crippen LogP contribution in [0.15, 0.2) is 10.8 Å². The first kappa shape index (κ1) is 11.1. The molecule has 5 nitrogen and oxygen atoms in total. The molecule has 2 N–H and O–H groups in total. The third kappa shape index (κ3) is 1.61. The highest BCUT2D eigenvalue weighted by atomic mass is 16.5. The number of hydrogen-bond acceptors (Lipinski definition) is 4. The quantitative estimate of drug-likeness (QED) is 0.811. The number of nitrogens with zero attached hydrogens (tertiary/aromatic N) is 2. The molecular formula is C11H17N3O2. The number of nitrogens with two attached hydrogens (primary N) is 1. The second kappa shape index (κ2) is 3.90. The monoisotopic (exact) mass is 223 g/mol. The lowest BCUT2D eigenvalue weighted by Crippen LogP contribution is -2.37. The number of aromatic nitrogens is 1. The van der Waals surface area contributed by atoms with Crippen LogP contribution in [0.1, 0.15) is 37.6 Å². The normalized spacial score (nSPS) is 25.8. The van der Waals surface area contributed by atoms with E-state index in [2.05, 4.69) is 5.16 Å². The Bertz CT molecular complexity index is 400. The van der Waals surface area contributed by atoms with Gasteiger partial charge in [0.1, 0.15) is 6.26 Å². The lowest BCUT2D eigenvalue weighted by atomic mass is 10.0. The van der Waals surface area contributed by atoms with Gasteiger partial charge in [-0.25, -0.2) is 0 Å². The molecule has 0 bridgehead atoms. The first-order chi connectivity index (χ1) is 7.52. The van der Waals surface area contributed by atoms with Crippen LogP contribution in [0, 0.1) is 6.92 Å². The van der Waals surface area contributed by atoms with Gasteiger partial charge in [0.2, 0.25) is 5.91 Å². The number of carbonyl (C=O) groups excluding carboxylic acids is 1. The van der Waals surface area contributed by atoms with Crippen molar-refractivity contribution in [2.24, 2.45) is 5.73 Å². The summed E-state index contributed by atoms with van der Waals surface area (Å²) in [5, 5.41) is 3.85. The Hall–Kier alpha value is -1.36. The molecule has 16 heavy (non-hydrogen) atoms. The van der Waals surface area contributed by atoms with Crippen molar-refractivity contribution >= 4 is 5.91 Å². The molecule has 1 aromatic rings. The van der Waals surface area contributed by atoms with Crippen molar-refractivity contribution in [2.75, 3.05) is 0 Å². The van der Waals surface area contributed by atoms with E-state index in [1.54, 1.807) is 6.26 Å². The van der Waals surface area contributed by atoms with E-state index in [0.717, 1.165) is 11.3 Å². The van der Waals surface area contributed by atoms with Gasteiger partial charge in [-0.2, -0.15) is 0 Å². The second-order valence-corrected chi connectivity index (χ2v) is 4.56. The molecule has 1 fully saturated rings. The number of hydrogen-bond donors (Lipinski definition) is 1. The average molecular weight is 223 g/mol. The Balaban J connectivity index is 2.38. The number of aryl methyl sites for hydroxylation is 1. The van der Waals surface area contributed by atoms with Crippen LogP contribution in [0.25, 0.3) is 0 Å². The molecule has 2 atom stereocenters. The molecule has 0 spiro atoms. The van der Waals surface area contributed by atoms with Gasteiger partial charge in [-0.15, -0.1) is 0 Å². The molecule has 5 heteroatoms. The summed E-state index contributed by atoms with van der Waals surface area (Å²) in [6, 6.07) is -0.132. The maximum Gasteiger partial charge on any atom is 0.225 e. The number of amides is 1. The Labute approximate surface area is 94.6 Å². The summed E-state index contributed by atoms with van der Waals surface area (Å²) in [7, 11) is 0. The van der Waals surface area contributed by atoms with Crippen LogP contribution in [0.4, 0.5) is 0 Å². The summed E-state index contributed by atoms with van der Waals surface area (Å²) in [6.45, 7) is 5.85. The predicted octanol–water partition coefficient (Wildman–Crippen LogP) is 0.992. The maximum atomic E-state index is 11.8. The highest BCUT2D eigenvalue weighted by Crippen LogP contribution is 2.34. The summed E-state index contributed by atoms with van der Waals surface area (Å²) < 4.78 is 4.93. The van der Waals surface area contributed by atoms with Crippen molar-refractivity contribution < 1.29 is 9.32 Å². The van der Waals surface area contributed by atoms with Crippen molar-refractivity contribution in [3.05, 3.63) is 17.5 Å².